The van der Waals surface area contributed by atoms with Gasteiger partial charge in [-0.05, 0) is 53.4 Å². The van der Waals surface area contributed by atoms with Gasteiger partial charge in [-0.1, -0.05) is 74.5 Å². The molecule has 0 aliphatic heterocycles. The smallest absolute Gasteiger partial charge is 0.264 e. The first-order valence-corrected chi connectivity index (χ1v) is 17.0. The van der Waals surface area contributed by atoms with Gasteiger partial charge in [0.1, 0.15) is 18.3 Å². The molecule has 0 aliphatic rings. The number of amides is 2. The molecule has 2 amide bonds. The summed E-state index contributed by atoms with van der Waals surface area (Å²) in [5.41, 5.74) is 1.75. The van der Waals surface area contributed by atoms with Gasteiger partial charge in [0.2, 0.25) is 11.8 Å². The molecule has 48 heavy (non-hydrogen) atoms. The summed E-state index contributed by atoms with van der Waals surface area (Å²) < 4.78 is 45.8. The first kappa shape index (κ1) is 35.8. The molecule has 0 heterocycles. The van der Waals surface area contributed by atoms with Crippen LogP contribution in [0.15, 0.2) is 108 Å². The molecule has 4 aromatic carbocycles. The van der Waals surface area contributed by atoms with Crippen LogP contribution in [0.4, 0.5) is 5.69 Å². The van der Waals surface area contributed by atoms with E-state index in [1.165, 1.54) is 37.3 Å². The topological polar surface area (TPSA) is 114 Å². The number of nitrogens with one attached hydrogen (secondary N) is 1. The summed E-state index contributed by atoms with van der Waals surface area (Å²) in [6.45, 7) is 3.81. The molecule has 0 fully saturated rings. The minimum atomic E-state index is -4.27. The van der Waals surface area contributed by atoms with Crippen molar-refractivity contribution in [3.63, 3.8) is 0 Å². The molecule has 0 bridgehead atoms. The van der Waals surface area contributed by atoms with E-state index in [0.717, 1.165) is 9.87 Å². The average molecular weight is 674 g/mol. The summed E-state index contributed by atoms with van der Waals surface area (Å²) in [4.78, 5) is 30.1. The molecule has 4 aromatic rings. The summed E-state index contributed by atoms with van der Waals surface area (Å²) in [5.74, 6) is 0.529. The van der Waals surface area contributed by atoms with Gasteiger partial charge in [-0.2, -0.15) is 0 Å². The molecule has 0 radical (unpaired) electrons. The van der Waals surface area contributed by atoms with Crippen molar-refractivity contribution in [1.82, 2.24) is 10.2 Å². The molecular formula is C37H43N3O7S. The van der Waals surface area contributed by atoms with Crippen LogP contribution in [0.3, 0.4) is 0 Å². The predicted octanol–water partition coefficient (Wildman–Crippen LogP) is 5.32. The van der Waals surface area contributed by atoms with E-state index < -0.39 is 28.5 Å². The lowest BCUT2D eigenvalue weighted by Crippen LogP contribution is -2.53. The molecule has 0 spiro atoms. The predicted molar refractivity (Wildman–Crippen MR) is 186 cm³/mol. The van der Waals surface area contributed by atoms with Crippen LogP contribution in [-0.4, -0.2) is 65.6 Å². The van der Waals surface area contributed by atoms with E-state index in [-0.39, 0.29) is 35.4 Å². The fourth-order valence-corrected chi connectivity index (χ4v) is 6.60. The third-order valence-electron chi connectivity index (χ3n) is 7.71. The summed E-state index contributed by atoms with van der Waals surface area (Å²) >= 11 is 0. The van der Waals surface area contributed by atoms with Crippen molar-refractivity contribution in [2.45, 2.75) is 37.8 Å². The highest BCUT2D eigenvalue weighted by Crippen LogP contribution is 2.34. The van der Waals surface area contributed by atoms with E-state index in [4.69, 9.17) is 14.2 Å². The summed E-state index contributed by atoms with van der Waals surface area (Å²) in [6.07, 6.45) is 0.211. The molecule has 1 atom stereocenters. The van der Waals surface area contributed by atoms with Crippen LogP contribution in [0.25, 0.3) is 0 Å². The highest BCUT2D eigenvalue weighted by molar-refractivity contribution is 7.92. The monoisotopic (exact) mass is 673 g/mol. The highest BCUT2D eigenvalue weighted by atomic mass is 32.2. The Bertz CT molecular complexity index is 1770. The lowest BCUT2D eigenvalue weighted by atomic mass is 10.0. The maximum Gasteiger partial charge on any atom is 0.264 e. The van der Waals surface area contributed by atoms with Crippen LogP contribution >= 0.6 is 0 Å². The van der Waals surface area contributed by atoms with E-state index in [2.05, 4.69) is 5.32 Å². The number of carbonyl (C=O) groups is 2. The van der Waals surface area contributed by atoms with Gasteiger partial charge in [0, 0.05) is 25.6 Å². The van der Waals surface area contributed by atoms with Gasteiger partial charge in [-0.25, -0.2) is 8.42 Å². The van der Waals surface area contributed by atoms with E-state index in [9.17, 15) is 18.0 Å². The Labute approximate surface area is 283 Å². The third-order valence-corrected chi connectivity index (χ3v) is 9.50. The second kappa shape index (κ2) is 16.7. The number of carbonyl (C=O) groups excluding carboxylic acids is 2. The first-order valence-electron chi connectivity index (χ1n) is 15.6. The van der Waals surface area contributed by atoms with Gasteiger partial charge < -0.3 is 24.4 Å². The van der Waals surface area contributed by atoms with Crippen molar-refractivity contribution in [1.29, 1.82) is 0 Å². The molecule has 0 unspecified atom stereocenters. The maximum atomic E-state index is 14.7. The summed E-state index contributed by atoms with van der Waals surface area (Å²) in [6, 6.07) is 28.2. The van der Waals surface area contributed by atoms with Crippen LogP contribution in [0, 0.1) is 5.92 Å². The number of sulfonamides is 1. The van der Waals surface area contributed by atoms with Crippen molar-refractivity contribution in [2.75, 3.05) is 38.7 Å². The van der Waals surface area contributed by atoms with Gasteiger partial charge in [0.25, 0.3) is 10.0 Å². The van der Waals surface area contributed by atoms with E-state index in [0.29, 0.717) is 29.4 Å². The zero-order valence-corrected chi connectivity index (χ0v) is 28.8. The van der Waals surface area contributed by atoms with E-state index in [1.807, 2.05) is 50.2 Å². The molecular weight excluding hydrogens is 630 g/mol. The molecule has 4 rings (SSSR count). The Morgan fingerprint density at radius 3 is 2.02 bits per heavy atom. The summed E-state index contributed by atoms with van der Waals surface area (Å²) in [7, 11) is 0.209. The molecule has 11 heteroatoms. The fraction of sp³-hybridized carbons (Fsp3) is 0.297. The van der Waals surface area contributed by atoms with Crippen molar-refractivity contribution < 1.29 is 32.2 Å². The normalized spacial score (nSPS) is 11.8. The Morgan fingerprint density at radius 1 is 0.750 bits per heavy atom. The van der Waals surface area contributed by atoms with E-state index in [1.54, 1.807) is 55.6 Å². The van der Waals surface area contributed by atoms with Crippen molar-refractivity contribution in [3.05, 3.63) is 114 Å². The number of hydrogen-bond donors (Lipinski definition) is 1. The quantitative estimate of drug-likeness (QED) is 0.171. The number of hydrogen-bond acceptors (Lipinski definition) is 7. The van der Waals surface area contributed by atoms with Gasteiger partial charge >= 0.3 is 0 Å². The number of rotatable bonds is 16. The van der Waals surface area contributed by atoms with Crippen molar-refractivity contribution in [3.8, 4) is 17.2 Å². The van der Waals surface area contributed by atoms with E-state index >= 15 is 0 Å². The largest absolute Gasteiger partial charge is 0.497 e. The van der Waals surface area contributed by atoms with Gasteiger partial charge in [0.15, 0.2) is 11.5 Å². The molecule has 0 aromatic heterocycles. The lowest BCUT2D eigenvalue weighted by Gasteiger charge is -2.34. The highest BCUT2D eigenvalue weighted by Gasteiger charge is 2.35. The summed E-state index contributed by atoms with van der Waals surface area (Å²) in [5, 5.41) is 3.00. The molecule has 1 N–H and O–H groups in total. The Balaban J connectivity index is 1.84. The molecule has 0 aliphatic carbocycles. The molecule has 0 saturated heterocycles. The lowest BCUT2D eigenvalue weighted by molar-refractivity contribution is -0.140. The van der Waals surface area contributed by atoms with Crippen LogP contribution < -0.4 is 23.8 Å². The number of anilines is 1. The minimum Gasteiger partial charge on any atom is -0.497 e. The molecule has 0 saturated carbocycles. The Hall–Kier alpha value is -5.03. The second-order valence-electron chi connectivity index (χ2n) is 11.6. The van der Waals surface area contributed by atoms with Gasteiger partial charge in [-0.3, -0.25) is 13.9 Å². The third kappa shape index (κ3) is 9.07. The van der Waals surface area contributed by atoms with Gasteiger partial charge in [-0.15, -0.1) is 0 Å². The Morgan fingerprint density at radius 2 is 1.40 bits per heavy atom. The second-order valence-corrected chi connectivity index (χ2v) is 13.4. The van der Waals surface area contributed by atoms with Crippen molar-refractivity contribution in [2.24, 2.45) is 5.92 Å². The number of methoxy groups -OCH3 is 3. The molecule has 254 valence electrons. The zero-order chi connectivity index (χ0) is 34.7. The zero-order valence-electron chi connectivity index (χ0n) is 28.0. The van der Waals surface area contributed by atoms with Crippen LogP contribution in [0.1, 0.15) is 25.0 Å². The Kier molecular flexibility index (Phi) is 12.5. The molecule has 10 nitrogen and oxygen atoms in total. The van der Waals surface area contributed by atoms with Crippen LogP contribution in [0.5, 0.6) is 17.2 Å². The first-order chi connectivity index (χ1) is 23.1. The van der Waals surface area contributed by atoms with Crippen LogP contribution in [-0.2, 0) is 32.6 Å². The maximum absolute atomic E-state index is 14.7. The van der Waals surface area contributed by atoms with Crippen molar-refractivity contribution >= 4 is 27.5 Å². The van der Waals surface area contributed by atoms with Crippen LogP contribution in [0.2, 0.25) is 0 Å². The number of nitrogens with zero attached hydrogens (tertiary/aromatic N) is 2. The SMILES string of the molecule is COc1cccc(CN(C(=O)CN(c2ccc(OC)c(OC)c2)S(=O)(=O)c2ccccc2)[C@@H](Cc2ccccc2)C(=O)NCC(C)C)c1. The fourth-order valence-electron chi connectivity index (χ4n) is 5.17. The average Bonchev–Trinajstić information content (AvgIpc) is 3.11. The van der Waals surface area contributed by atoms with Gasteiger partial charge in [0.05, 0.1) is 31.9 Å². The number of ether oxygens (including phenoxy) is 3. The standard InChI is InChI=1S/C37H43N3O7S/c1-27(2)24-38-37(42)33(22-28-13-8-6-9-14-28)39(25-29-15-12-16-31(21-29)45-3)36(41)26-40(48(43,44)32-17-10-7-11-18-32)30-19-20-34(46-4)35(23-30)47-5/h6-21,23,27,33H,22,24-26H2,1-5H3,(H,38,42)/t33-/m0/s1. The number of benzene rings is 4. The minimum absolute atomic E-state index is 0.00226.